The molecule has 4 aromatic rings. The van der Waals surface area contributed by atoms with E-state index in [1.165, 1.54) is 19.3 Å². The van der Waals surface area contributed by atoms with Gasteiger partial charge >= 0.3 is 0 Å². The highest BCUT2D eigenvalue weighted by Crippen LogP contribution is 2.31. The van der Waals surface area contributed by atoms with Crippen LogP contribution in [0.5, 0.6) is 0 Å². The van der Waals surface area contributed by atoms with Gasteiger partial charge in [0.25, 0.3) is 11.3 Å². The van der Waals surface area contributed by atoms with Crippen LogP contribution in [0.4, 0.5) is 0 Å². The number of hydrogen-bond acceptors (Lipinski definition) is 4. The summed E-state index contributed by atoms with van der Waals surface area (Å²) in [5, 5.41) is 5.29. The van der Waals surface area contributed by atoms with Crippen LogP contribution in [0.15, 0.2) is 47.5 Å². The molecule has 0 bridgehead atoms. The maximum Gasteiger partial charge on any atom is 0.266 e. The number of para-hydroxylation sites is 1. The second-order valence-corrected chi connectivity index (χ2v) is 7.55. The SMILES string of the molecule is CCc1ccccc1-n1ccc2c(cnc3nc(C4CCCCC4)nn32)c1=O. The van der Waals surface area contributed by atoms with E-state index in [0.29, 0.717) is 17.1 Å². The molecule has 3 heterocycles. The van der Waals surface area contributed by atoms with Crippen LogP contribution in [-0.2, 0) is 6.42 Å². The van der Waals surface area contributed by atoms with E-state index in [-0.39, 0.29) is 5.56 Å². The Labute approximate surface area is 162 Å². The Balaban J connectivity index is 1.67. The van der Waals surface area contributed by atoms with Crippen molar-refractivity contribution >= 4 is 16.7 Å². The molecule has 0 radical (unpaired) electrons. The molecule has 0 amide bonds. The highest BCUT2D eigenvalue weighted by Gasteiger charge is 2.21. The Hall–Kier alpha value is -3.02. The lowest BCUT2D eigenvalue weighted by Crippen LogP contribution is -2.20. The average Bonchev–Trinajstić information content (AvgIpc) is 3.19. The van der Waals surface area contributed by atoms with Crippen LogP contribution in [0.2, 0.25) is 0 Å². The first kappa shape index (κ1) is 17.1. The molecular formula is C22H23N5O. The molecule has 5 rings (SSSR count). The van der Waals surface area contributed by atoms with Gasteiger partial charge in [-0.3, -0.25) is 9.36 Å². The molecule has 142 valence electrons. The van der Waals surface area contributed by atoms with E-state index in [9.17, 15) is 4.79 Å². The quantitative estimate of drug-likeness (QED) is 0.544. The molecule has 1 aliphatic rings. The maximum absolute atomic E-state index is 13.2. The fourth-order valence-electron chi connectivity index (χ4n) is 4.30. The average molecular weight is 373 g/mol. The zero-order chi connectivity index (χ0) is 19.1. The lowest BCUT2D eigenvalue weighted by atomic mass is 9.89. The normalized spacial score (nSPS) is 15.5. The van der Waals surface area contributed by atoms with Crippen LogP contribution < -0.4 is 5.56 Å². The van der Waals surface area contributed by atoms with E-state index in [1.54, 1.807) is 15.3 Å². The number of aromatic nitrogens is 5. The first-order chi connectivity index (χ1) is 13.8. The highest BCUT2D eigenvalue weighted by atomic mass is 16.1. The Morgan fingerprint density at radius 1 is 1.11 bits per heavy atom. The Bertz CT molecular complexity index is 1220. The van der Waals surface area contributed by atoms with Crippen LogP contribution >= 0.6 is 0 Å². The van der Waals surface area contributed by atoms with E-state index in [0.717, 1.165) is 41.9 Å². The second kappa shape index (κ2) is 6.86. The molecule has 0 spiro atoms. The number of aryl methyl sites for hydroxylation is 1. The van der Waals surface area contributed by atoms with Gasteiger partial charge in [0.05, 0.1) is 16.6 Å². The zero-order valence-corrected chi connectivity index (χ0v) is 16.0. The van der Waals surface area contributed by atoms with Crippen molar-refractivity contribution in [1.29, 1.82) is 0 Å². The third kappa shape index (κ3) is 2.71. The van der Waals surface area contributed by atoms with Crippen LogP contribution in [-0.4, -0.2) is 24.1 Å². The van der Waals surface area contributed by atoms with Crippen LogP contribution in [0.3, 0.4) is 0 Å². The molecular weight excluding hydrogens is 350 g/mol. The van der Waals surface area contributed by atoms with Gasteiger partial charge in [0.2, 0.25) is 0 Å². The zero-order valence-electron chi connectivity index (χ0n) is 16.0. The molecule has 1 aliphatic carbocycles. The van der Waals surface area contributed by atoms with Gasteiger partial charge in [-0.15, -0.1) is 5.10 Å². The van der Waals surface area contributed by atoms with Gasteiger partial charge in [0.15, 0.2) is 5.82 Å². The molecule has 0 atom stereocenters. The third-order valence-corrected chi connectivity index (χ3v) is 5.85. The largest absolute Gasteiger partial charge is 0.283 e. The molecule has 1 fully saturated rings. The van der Waals surface area contributed by atoms with E-state index in [2.05, 4.69) is 23.0 Å². The summed E-state index contributed by atoms with van der Waals surface area (Å²) in [7, 11) is 0. The molecule has 0 N–H and O–H groups in total. The van der Waals surface area contributed by atoms with E-state index in [4.69, 9.17) is 5.10 Å². The predicted octanol–water partition coefficient (Wildman–Crippen LogP) is 4.04. The van der Waals surface area contributed by atoms with Gasteiger partial charge in [0, 0.05) is 18.3 Å². The molecule has 0 unspecified atom stereocenters. The van der Waals surface area contributed by atoms with Crippen molar-refractivity contribution < 1.29 is 0 Å². The Morgan fingerprint density at radius 2 is 1.93 bits per heavy atom. The predicted molar refractivity (Wildman–Crippen MR) is 109 cm³/mol. The summed E-state index contributed by atoms with van der Waals surface area (Å²) in [6, 6.07) is 9.94. The van der Waals surface area contributed by atoms with Crippen molar-refractivity contribution in [3.05, 3.63) is 64.5 Å². The van der Waals surface area contributed by atoms with Crippen molar-refractivity contribution in [3.8, 4) is 5.69 Å². The van der Waals surface area contributed by atoms with Crippen molar-refractivity contribution in [2.45, 2.75) is 51.4 Å². The molecule has 6 heteroatoms. The molecule has 1 saturated carbocycles. The molecule has 6 nitrogen and oxygen atoms in total. The second-order valence-electron chi connectivity index (χ2n) is 7.55. The summed E-state index contributed by atoms with van der Waals surface area (Å²) >= 11 is 0. The molecule has 3 aromatic heterocycles. The standard InChI is InChI=1S/C22H23N5O/c1-2-15-8-6-7-11-18(15)26-13-12-19-17(21(26)28)14-23-22-24-20(25-27(19)22)16-9-4-3-5-10-16/h6-8,11-14,16H,2-5,9-10H2,1H3. The van der Waals surface area contributed by atoms with Gasteiger partial charge < -0.3 is 0 Å². The van der Waals surface area contributed by atoms with Crippen LogP contribution in [0.25, 0.3) is 22.4 Å². The Morgan fingerprint density at radius 3 is 2.75 bits per heavy atom. The summed E-state index contributed by atoms with van der Waals surface area (Å²) in [5.74, 6) is 1.83. The number of hydrogen-bond donors (Lipinski definition) is 0. The maximum atomic E-state index is 13.2. The minimum Gasteiger partial charge on any atom is -0.283 e. The molecule has 0 saturated heterocycles. The minimum absolute atomic E-state index is 0.0810. The summed E-state index contributed by atoms with van der Waals surface area (Å²) in [6.45, 7) is 2.10. The molecule has 0 aliphatic heterocycles. The number of rotatable bonds is 3. The van der Waals surface area contributed by atoms with Crippen molar-refractivity contribution in [1.82, 2.24) is 24.1 Å². The van der Waals surface area contributed by atoms with Crippen LogP contribution in [0.1, 0.15) is 56.3 Å². The lowest BCUT2D eigenvalue weighted by molar-refractivity contribution is 0.429. The summed E-state index contributed by atoms with van der Waals surface area (Å²) in [5.41, 5.74) is 2.73. The first-order valence-corrected chi connectivity index (χ1v) is 10.1. The highest BCUT2D eigenvalue weighted by molar-refractivity contribution is 5.79. The molecule has 28 heavy (non-hydrogen) atoms. The van der Waals surface area contributed by atoms with E-state index < -0.39 is 0 Å². The monoisotopic (exact) mass is 373 g/mol. The number of benzene rings is 1. The van der Waals surface area contributed by atoms with Gasteiger partial charge in [0.1, 0.15) is 0 Å². The summed E-state index contributed by atoms with van der Waals surface area (Å²) in [4.78, 5) is 22.3. The van der Waals surface area contributed by atoms with Gasteiger partial charge in [-0.2, -0.15) is 9.50 Å². The van der Waals surface area contributed by atoms with Crippen molar-refractivity contribution in [3.63, 3.8) is 0 Å². The lowest BCUT2D eigenvalue weighted by Gasteiger charge is -2.17. The molecule has 1 aromatic carbocycles. The number of nitrogens with zero attached hydrogens (tertiary/aromatic N) is 5. The number of fused-ring (bicyclic) bond motifs is 3. The summed E-state index contributed by atoms with van der Waals surface area (Å²) < 4.78 is 3.43. The summed E-state index contributed by atoms with van der Waals surface area (Å²) in [6.07, 6.45) is 10.4. The van der Waals surface area contributed by atoms with Gasteiger partial charge in [-0.1, -0.05) is 44.4 Å². The van der Waals surface area contributed by atoms with Gasteiger partial charge in [-0.05, 0) is 37.0 Å². The van der Waals surface area contributed by atoms with Crippen LogP contribution in [0, 0.1) is 0 Å². The van der Waals surface area contributed by atoms with Crippen molar-refractivity contribution in [2.24, 2.45) is 0 Å². The fourth-order valence-corrected chi connectivity index (χ4v) is 4.30. The third-order valence-electron chi connectivity index (χ3n) is 5.85. The van der Waals surface area contributed by atoms with Gasteiger partial charge in [-0.25, -0.2) is 4.98 Å². The Kier molecular flexibility index (Phi) is 4.19. The smallest absolute Gasteiger partial charge is 0.266 e. The fraction of sp³-hybridized carbons (Fsp3) is 0.364. The topological polar surface area (TPSA) is 65.1 Å². The number of pyridine rings is 1. The van der Waals surface area contributed by atoms with E-state index in [1.807, 2.05) is 30.5 Å². The van der Waals surface area contributed by atoms with Crippen molar-refractivity contribution in [2.75, 3.05) is 0 Å². The van der Waals surface area contributed by atoms with E-state index >= 15 is 0 Å². The minimum atomic E-state index is -0.0810. The first-order valence-electron chi connectivity index (χ1n) is 10.1.